The lowest BCUT2D eigenvalue weighted by Gasteiger charge is -2.36. The summed E-state index contributed by atoms with van der Waals surface area (Å²) in [6.45, 7) is 5.92. The fourth-order valence-corrected chi connectivity index (χ4v) is 3.37. The lowest BCUT2D eigenvalue weighted by molar-refractivity contribution is -0.00536. The highest BCUT2D eigenvalue weighted by atomic mass is 16.5. The van der Waals surface area contributed by atoms with E-state index in [4.69, 9.17) is 14.7 Å². The molecule has 0 amide bonds. The Kier molecular flexibility index (Phi) is 3.90. The van der Waals surface area contributed by atoms with Gasteiger partial charge in [0.05, 0.1) is 17.7 Å². The summed E-state index contributed by atoms with van der Waals surface area (Å²) >= 11 is 0. The first-order valence-electron chi connectivity index (χ1n) is 8.43. The number of anilines is 1. The Bertz CT molecular complexity index is 840. The van der Waals surface area contributed by atoms with Crippen molar-refractivity contribution in [1.82, 2.24) is 9.97 Å². The van der Waals surface area contributed by atoms with Crippen LogP contribution in [0.2, 0.25) is 0 Å². The molecule has 1 aromatic heterocycles. The first kappa shape index (κ1) is 15.1. The molecule has 0 bridgehead atoms. The van der Waals surface area contributed by atoms with Gasteiger partial charge >= 0.3 is 0 Å². The van der Waals surface area contributed by atoms with Crippen molar-refractivity contribution in [2.75, 3.05) is 18.0 Å². The average Bonchev–Trinajstić information content (AvgIpc) is 2.60. The van der Waals surface area contributed by atoms with Gasteiger partial charge in [0.25, 0.3) is 0 Å². The van der Waals surface area contributed by atoms with Gasteiger partial charge in [-0.25, -0.2) is 9.97 Å². The van der Waals surface area contributed by atoms with Gasteiger partial charge in [-0.05, 0) is 26.0 Å². The molecule has 3 aromatic rings. The molecule has 4 heteroatoms. The Hall–Kier alpha value is -2.46. The molecule has 2 aromatic carbocycles. The molecule has 4 nitrogen and oxygen atoms in total. The van der Waals surface area contributed by atoms with E-state index in [9.17, 15) is 0 Å². The van der Waals surface area contributed by atoms with Gasteiger partial charge in [0.2, 0.25) is 0 Å². The van der Waals surface area contributed by atoms with Crippen LogP contribution in [0.15, 0.2) is 54.6 Å². The Balaban J connectivity index is 1.87. The molecular weight excluding hydrogens is 298 g/mol. The second-order valence-corrected chi connectivity index (χ2v) is 6.42. The van der Waals surface area contributed by atoms with Crippen LogP contribution < -0.4 is 4.90 Å². The predicted octanol–water partition coefficient (Wildman–Crippen LogP) is 3.91. The van der Waals surface area contributed by atoms with E-state index < -0.39 is 0 Å². The van der Waals surface area contributed by atoms with Crippen molar-refractivity contribution >= 4 is 16.7 Å². The van der Waals surface area contributed by atoms with Crippen LogP contribution in [0.5, 0.6) is 0 Å². The van der Waals surface area contributed by atoms with Crippen LogP contribution in [0.1, 0.15) is 13.8 Å². The Morgan fingerprint density at radius 3 is 2.29 bits per heavy atom. The lowest BCUT2D eigenvalue weighted by atomic mass is 10.1. The summed E-state index contributed by atoms with van der Waals surface area (Å²) in [5, 5.41) is 1.10. The third kappa shape index (κ3) is 2.85. The number of hydrogen-bond donors (Lipinski definition) is 0. The normalized spacial score (nSPS) is 21.2. The molecule has 122 valence electrons. The van der Waals surface area contributed by atoms with Crippen molar-refractivity contribution in [1.29, 1.82) is 0 Å². The summed E-state index contributed by atoms with van der Waals surface area (Å²) in [5.41, 5.74) is 2.02. The average molecular weight is 319 g/mol. The topological polar surface area (TPSA) is 38.2 Å². The molecule has 0 aliphatic carbocycles. The minimum atomic E-state index is 0.197. The van der Waals surface area contributed by atoms with Crippen molar-refractivity contribution in [3.8, 4) is 11.4 Å². The molecule has 24 heavy (non-hydrogen) atoms. The maximum Gasteiger partial charge on any atom is 0.162 e. The zero-order chi connectivity index (χ0) is 16.5. The van der Waals surface area contributed by atoms with Crippen LogP contribution in [-0.2, 0) is 4.74 Å². The number of rotatable bonds is 2. The number of nitrogens with zero attached hydrogens (tertiary/aromatic N) is 3. The van der Waals surface area contributed by atoms with E-state index in [0.717, 1.165) is 41.2 Å². The first-order chi connectivity index (χ1) is 11.7. The van der Waals surface area contributed by atoms with Gasteiger partial charge in [0.15, 0.2) is 5.82 Å². The monoisotopic (exact) mass is 319 g/mol. The zero-order valence-electron chi connectivity index (χ0n) is 14.0. The third-order valence-corrected chi connectivity index (χ3v) is 4.33. The smallest absolute Gasteiger partial charge is 0.162 e. The number of para-hydroxylation sites is 1. The van der Waals surface area contributed by atoms with Crippen LogP contribution >= 0.6 is 0 Å². The maximum atomic E-state index is 5.88. The van der Waals surface area contributed by atoms with E-state index in [1.165, 1.54) is 0 Å². The number of fused-ring (bicyclic) bond motifs is 1. The van der Waals surface area contributed by atoms with E-state index in [1.807, 2.05) is 30.3 Å². The maximum absolute atomic E-state index is 5.88. The van der Waals surface area contributed by atoms with E-state index >= 15 is 0 Å². The molecule has 0 N–H and O–H groups in total. The van der Waals surface area contributed by atoms with Crippen LogP contribution in [-0.4, -0.2) is 35.3 Å². The van der Waals surface area contributed by atoms with Gasteiger partial charge in [-0.15, -0.1) is 0 Å². The van der Waals surface area contributed by atoms with E-state index in [-0.39, 0.29) is 12.2 Å². The number of morpholine rings is 1. The second-order valence-electron chi connectivity index (χ2n) is 6.42. The molecule has 0 unspecified atom stereocenters. The molecule has 0 radical (unpaired) electrons. The lowest BCUT2D eigenvalue weighted by Crippen LogP contribution is -2.46. The van der Waals surface area contributed by atoms with E-state index in [1.54, 1.807) is 0 Å². The molecular formula is C20H21N3O. The largest absolute Gasteiger partial charge is 0.372 e. The molecule has 4 rings (SSSR count). The van der Waals surface area contributed by atoms with Crippen molar-refractivity contribution < 1.29 is 4.74 Å². The van der Waals surface area contributed by atoms with E-state index in [2.05, 4.69) is 43.0 Å². The van der Waals surface area contributed by atoms with Gasteiger partial charge < -0.3 is 9.64 Å². The highest BCUT2D eigenvalue weighted by molar-refractivity contribution is 5.91. The molecule has 0 spiro atoms. The summed E-state index contributed by atoms with van der Waals surface area (Å²) in [4.78, 5) is 12.0. The van der Waals surface area contributed by atoms with Crippen molar-refractivity contribution in [3.63, 3.8) is 0 Å². The fraction of sp³-hybridized carbons (Fsp3) is 0.300. The molecule has 1 fully saturated rings. The van der Waals surface area contributed by atoms with E-state index in [0.29, 0.717) is 0 Å². The van der Waals surface area contributed by atoms with Gasteiger partial charge in [-0.1, -0.05) is 42.5 Å². The minimum absolute atomic E-state index is 0.197. The third-order valence-electron chi connectivity index (χ3n) is 4.33. The van der Waals surface area contributed by atoms with Gasteiger partial charge in [-0.2, -0.15) is 0 Å². The number of benzene rings is 2. The molecule has 1 aliphatic heterocycles. The summed E-state index contributed by atoms with van der Waals surface area (Å²) in [5.74, 6) is 1.78. The Morgan fingerprint density at radius 2 is 1.54 bits per heavy atom. The predicted molar refractivity (Wildman–Crippen MR) is 97.2 cm³/mol. The summed E-state index contributed by atoms with van der Waals surface area (Å²) in [7, 11) is 0. The Labute approximate surface area is 142 Å². The number of aromatic nitrogens is 2. The van der Waals surface area contributed by atoms with Gasteiger partial charge in [0, 0.05) is 24.0 Å². The molecule has 2 heterocycles. The van der Waals surface area contributed by atoms with Crippen molar-refractivity contribution in [3.05, 3.63) is 54.6 Å². The second kappa shape index (κ2) is 6.21. The van der Waals surface area contributed by atoms with Crippen LogP contribution in [0, 0.1) is 0 Å². The SMILES string of the molecule is C[C@H]1CN(c2nc(-c3ccccc3)nc3ccccc23)C[C@H](C)O1. The standard InChI is InChI=1S/C20H21N3O/c1-14-12-23(13-15(2)24-14)20-17-10-6-7-11-18(17)21-19(22-20)16-8-4-3-5-9-16/h3-11,14-15H,12-13H2,1-2H3/t14-,15-/m0/s1. The quantitative estimate of drug-likeness (QED) is 0.718. The molecule has 2 atom stereocenters. The van der Waals surface area contributed by atoms with Crippen molar-refractivity contribution in [2.24, 2.45) is 0 Å². The Morgan fingerprint density at radius 1 is 0.875 bits per heavy atom. The number of hydrogen-bond acceptors (Lipinski definition) is 4. The van der Waals surface area contributed by atoms with Crippen LogP contribution in [0.25, 0.3) is 22.3 Å². The molecule has 1 saturated heterocycles. The number of ether oxygens (including phenoxy) is 1. The molecule has 0 saturated carbocycles. The van der Waals surface area contributed by atoms with Crippen LogP contribution in [0.4, 0.5) is 5.82 Å². The summed E-state index contributed by atoms with van der Waals surface area (Å²) < 4.78 is 5.88. The summed E-state index contributed by atoms with van der Waals surface area (Å²) in [6.07, 6.45) is 0.394. The van der Waals surface area contributed by atoms with Gasteiger partial charge in [0.1, 0.15) is 5.82 Å². The zero-order valence-corrected chi connectivity index (χ0v) is 14.0. The highest BCUT2D eigenvalue weighted by Gasteiger charge is 2.25. The molecule has 1 aliphatic rings. The van der Waals surface area contributed by atoms with Crippen molar-refractivity contribution in [2.45, 2.75) is 26.1 Å². The first-order valence-corrected chi connectivity index (χ1v) is 8.43. The minimum Gasteiger partial charge on any atom is -0.372 e. The summed E-state index contributed by atoms with van der Waals surface area (Å²) in [6, 6.07) is 18.4. The van der Waals surface area contributed by atoms with Gasteiger partial charge in [-0.3, -0.25) is 0 Å². The van der Waals surface area contributed by atoms with Crippen LogP contribution in [0.3, 0.4) is 0 Å². The fourth-order valence-electron chi connectivity index (χ4n) is 3.37. The highest BCUT2D eigenvalue weighted by Crippen LogP contribution is 2.29.